The molecule has 1 fully saturated rings. The lowest BCUT2D eigenvalue weighted by atomic mass is 10.1. The van der Waals surface area contributed by atoms with E-state index in [-0.39, 0.29) is 11.9 Å². The molecule has 0 aromatic carbocycles. The van der Waals surface area contributed by atoms with E-state index in [9.17, 15) is 4.79 Å². The third-order valence-electron chi connectivity index (χ3n) is 7.33. The molecule has 1 aliphatic carbocycles. The highest BCUT2D eigenvalue weighted by atomic mass is 16.5. The molecule has 0 saturated carbocycles. The summed E-state index contributed by atoms with van der Waals surface area (Å²) in [6.07, 6.45) is 23.6. The summed E-state index contributed by atoms with van der Waals surface area (Å²) in [5, 5.41) is 2.86. The minimum Gasteiger partial charge on any atom is -0.384 e. The van der Waals surface area contributed by atoms with Crippen LogP contribution < -0.4 is 11.1 Å². The number of ether oxygens (including phenoxy) is 1. The van der Waals surface area contributed by atoms with Gasteiger partial charge in [0.1, 0.15) is 23.0 Å². The number of rotatable bonds is 9. The number of pyridine rings is 1. The van der Waals surface area contributed by atoms with Crippen LogP contribution in [0.3, 0.4) is 0 Å². The normalized spacial score (nSPS) is 18.4. The Morgan fingerprint density at radius 2 is 2.08 bits per heavy atom. The summed E-state index contributed by atoms with van der Waals surface area (Å²) in [6, 6.07) is 5.58. The molecule has 0 radical (unpaired) electrons. The van der Waals surface area contributed by atoms with E-state index in [1.807, 2.05) is 36.6 Å². The Morgan fingerprint density at radius 1 is 1.15 bits per heavy atom. The summed E-state index contributed by atoms with van der Waals surface area (Å²) >= 11 is 0. The third kappa shape index (κ3) is 6.38. The van der Waals surface area contributed by atoms with Crippen LogP contribution in [0, 0.1) is 0 Å². The van der Waals surface area contributed by atoms with Crippen molar-refractivity contribution in [1.82, 2.24) is 24.3 Å². The van der Waals surface area contributed by atoms with Crippen LogP contribution in [0.1, 0.15) is 56.1 Å². The van der Waals surface area contributed by atoms with Gasteiger partial charge in [0.25, 0.3) is 5.91 Å². The largest absolute Gasteiger partial charge is 0.384 e. The molecule has 1 atom stereocenters. The highest BCUT2D eigenvalue weighted by Crippen LogP contribution is 2.34. The molecule has 9 heteroatoms. The van der Waals surface area contributed by atoms with Crippen LogP contribution in [0.5, 0.6) is 0 Å². The van der Waals surface area contributed by atoms with E-state index in [0.29, 0.717) is 23.6 Å². The second-order valence-corrected chi connectivity index (χ2v) is 10.0. The monoisotopic (exact) mass is 539 g/mol. The van der Waals surface area contributed by atoms with Crippen LogP contribution in [0.25, 0.3) is 11.1 Å². The summed E-state index contributed by atoms with van der Waals surface area (Å²) < 4.78 is 7.29. The number of aromatic nitrogens is 4. The molecule has 208 valence electrons. The molecule has 3 aromatic heterocycles. The van der Waals surface area contributed by atoms with Crippen molar-refractivity contribution in [1.29, 1.82) is 0 Å². The number of carbonyl (C=O) groups is 1. The first-order valence-corrected chi connectivity index (χ1v) is 14.0. The van der Waals surface area contributed by atoms with E-state index >= 15 is 0 Å². The van der Waals surface area contributed by atoms with Crippen LogP contribution in [0.4, 0.5) is 11.6 Å². The smallest absolute Gasteiger partial charge is 0.256 e. The van der Waals surface area contributed by atoms with Gasteiger partial charge >= 0.3 is 0 Å². The van der Waals surface area contributed by atoms with Crippen molar-refractivity contribution in [3.63, 3.8) is 0 Å². The van der Waals surface area contributed by atoms with Gasteiger partial charge in [0.2, 0.25) is 0 Å². The van der Waals surface area contributed by atoms with E-state index in [1.165, 1.54) is 12.8 Å². The van der Waals surface area contributed by atoms with Crippen LogP contribution in [0.2, 0.25) is 0 Å². The number of imidazole rings is 1. The molecule has 40 heavy (non-hydrogen) atoms. The first-order valence-electron chi connectivity index (χ1n) is 14.0. The average molecular weight is 540 g/mol. The van der Waals surface area contributed by atoms with Gasteiger partial charge in [0.15, 0.2) is 0 Å². The number of methoxy groups -OCH3 is 1. The number of allylic oxidation sites excluding steroid dienone is 4. The maximum absolute atomic E-state index is 12.9. The number of hydrogen-bond acceptors (Lipinski definition) is 7. The standard InChI is InChI=1S/C31H37N7O2/c1-40-22-9-3-8-20-37-19-7-2-4-13-25(37)30-36-27(28-29(32)34-18-21-38(28)30)23-11-10-12-24(16-15-23)31(39)35-26-14-5-6-17-33-26/h3,5-6,8,11-12,14-18,21,25H,2,4,7,9-10,13,19-20,22H2,1H3,(H2,32,34)(H,33,35,39)/b8-3-. The number of nitrogen functional groups attached to an aromatic ring is 1. The van der Waals surface area contributed by atoms with Gasteiger partial charge in [0.05, 0.1) is 11.7 Å². The van der Waals surface area contributed by atoms with Crippen molar-refractivity contribution in [3.05, 3.63) is 90.3 Å². The number of nitrogens with two attached hydrogens (primary N) is 1. The Bertz CT molecular complexity index is 1440. The summed E-state index contributed by atoms with van der Waals surface area (Å²) in [4.78, 5) is 29.2. The van der Waals surface area contributed by atoms with Crippen LogP contribution in [-0.4, -0.2) is 57.0 Å². The molecule has 1 aliphatic heterocycles. The second kappa shape index (κ2) is 13.3. The number of nitrogens with zero attached hydrogens (tertiary/aromatic N) is 5. The first-order chi connectivity index (χ1) is 19.7. The molecule has 3 aromatic rings. The number of anilines is 2. The maximum Gasteiger partial charge on any atom is 0.256 e. The van der Waals surface area contributed by atoms with E-state index in [1.54, 1.807) is 25.6 Å². The molecule has 1 amide bonds. The van der Waals surface area contributed by atoms with Crippen molar-refractivity contribution in [2.24, 2.45) is 0 Å². The summed E-state index contributed by atoms with van der Waals surface area (Å²) in [5.41, 5.74) is 9.53. The maximum atomic E-state index is 12.9. The molecule has 5 rings (SSSR count). The van der Waals surface area contributed by atoms with Crippen LogP contribution in [0.15, 0.2) is 78.8 Å². The molecule has 1 unspecified atom stereocenters. The van der Waals surface area contributed by atoms with E-state index < -0.39 is 0 Å². The Labute approximate surface area is 235 Å². The Balaban J connectivity index is 1.43. The van der Waals surface area contributed by atoms with Gasteiger partial charge in [-0.05, 0) is 56.0 Å². The molecule has 9 nitrogen and oxygen atoms in total. The van der Waals surface area contributed by atoms with Crippen molar-refractivity contribution >= 4 is 28.6 Å². The lowest BCUT2D eigenvalue weighted by molar-refractivity contribution is -0.112. The van der Waals surface area contributed by atoms with Gasteiger partial charge in [-0.2, -0.15) is 0 Å². The van der Waals surface area contributed by atoms with E-state index in [4.69, 9.17) is 15.5 Å². The minimum atomic E-state index is -0.200. The molecular weight excluding hydrogens is 502 g/mol. The van der Waals surface area contributed by atoms with Gasteiger partial charge in [-0.15, -0.1) is 0 Å². The lowest BCUT2D eigenvalue weighted by Gasteiger charge is -2.28. The number of likely N-dealkylation sites (tertiary alicyclic amines) is 1. The van der Waals surface area contributed by atoms with Gasteiger partial charge in [0, 0.05) is 44.4 Å². The zero-order chi connectivity index (χ0) is 27.7. The quantitative estimate of drug-likeness (QED) is 0.287. The van der Waals surface area contributed by atoms with Gasteiger partial charge in [-0.3, -0.25) is 14.1 Å². The highest BCUT2D eigenvalue weighted by Gasteiger charge is 2.28. The Kier molecular flexibility index (Phi) is 9.15. The van der Waals surface area contributed by atoms with Gasteiger partial charge in [-0.25, -0.2) is 15.0 Å². The minimum absolute atomic E-state index is 0.158. The number of fused-ring (bicyclic) bond motifs is 1. The number of nitrogens with one attached hydrogen (secondary N) is 1. The molecule has 4 heterocycles. The fourth-order valence-corrected chi connectivity index (χ4v) is 5.31. The molecular formula is C31H37N7O2. The Hall–Kier alpha value is -4.08. The molecule has 0 spiro atoms. The number of carbonyl (C=O) groups excluding carboxylic acids is 1. The lowest BCUT2D eigenvalue weighted by Crippen LogP contribution is -2.30. The predicted octanol–water partition coefficient (Wildman–Crippen LogP) is 5.12. The van der Waals surface area contributed by atoms with Crippen LogP contribution in [-0.2, 0) is 9.53 Å². The molecule has 1 saturated heterocycles. The van der Waals surface area contributed by atoms with Crippen LogP contribution >= 0.6 is 0 Å². The van der Waals surface area contributed by atoms with Gasteiger partial charge < -0.3 is 15.8 Å². The number of amides is 1. The highest BCUT2D eigenvalue weighted by molar-refractivity contribution is 6.06. The number of hydrogen-bond donors (Lipinski definition) is 2. The zero-order valence-electron chi connectivity index (χ0n) is 23.0. The van der Waals surface area contributed by atoms with E-state index in [2.05, 4.69) is 42.8 Å². The molecule has 3 N–H and O–H groups in total. The fourth-order valence-electron chi connectivity index (χ4n) is 5.31. The van der Waals surface area contributed by atoms with E-state index in [0.717, 1.165) is 61.6 Å². The topological polar surface area (TPSA) is 111 Å². The summed E-state index contributed by atoms with van der Waals surface area (Å²) in [7, 11) is 1.73. The average Bonchev–Trinajstić information content (AvgIpc) is 3.11. The molecule has 2 aliphatic rings. The second-order valence-electron chi connectivity index (χ2n) is 10.0. The fraction of sp³-hybridized carbons (Fsp3) is 0.355. The SMILES string of the molecule is COCC/C=C\CN1CCCCCC1c1nc(C2=CCC=C(C(=O)Nc3ccccn3)C=C2)c2c(N)nccn12. The predicted molar refractivity (Wildman–Crippen MR) is 158 cm³/mol. The Morgan fingerprint density at radius 3 is 2.92 bits per heavy atom. The van der Waals surface area contributed by atoms with Crippen molar-refractivity contribution in [3.8, 4) is 0 Å². The van der Waals surface area contributed by atoms with Crippen molar-refractivity contribution in [2.75, 3.05) is 37.9 Å². The van der Waals surface area contributed by atoms with Gasteiger partial charge in [-0.1, -0.05) is 49.3 Å². The van der Waals surface area contributed by atoms with Crippen molar-refractivity contribution < 1.29 is 9.53 Å². The molecule has 0 bridgehead atoms. The zero-order valence-corrected chi connectivity index (χ0v) is 23.0. The first kappa shape index (κ1) is 27.5. The van der Waals surface area contributed by atoms with Crippen molar-refractivity contribution in [2.45, 2.75) is 44.6 Å². The summed E-state index contributed by atoms with van der Waals surface area (Å²) in [6.45, 7) is 2.61. The summed E-state index contributed by atoms with van der Waals surface area (Å²) in [5.74, 6) is 1.74. The third-order valence-corrected chi connectivity index (χ3v) is 7.33.